The largest absolute Gasteiger partial charge is 0.380 e. The summed E-state index contributed by atoms with van der Waals surface area (Å²) in [7, 11) is -2.45. The van der Waals surface area contributed by atoms with Gasteiger partial charge in [-0.25, -0.2) is 0 Å². The summed E-state index contributed by atoms with van der Waals surface area (Å²) in [6.45, 7) is 7.88. The van der Waals surface area contributed by atoms with Gasteiger partial charge in [-0.15, -0.1) is 0 Å². The van der Waals surface area contributed by atoms with E-state index < -0.39 is 15.9 Å². The minimum Gasteiger partial charge on any atom is -0.380 e. The Morgan fingerprint density at radius 2 is 2.00 bits per heavy atom. The highest BCUT2D eigenvalue weighted by molar-refractivity contribution is 7.73. The summed E-state index contributed by atoms with van der Waals surface area (Å²) in [6, 6.07) is 0. The molecular formula is C7H10O3S. The molecule has 0 saturated heterocycles. The summed E-state index contributed by atoms with van der Waals surface area (Å²) in [5.74, 6) is 0. The van der Waals surface area contributed by atoms with Gasteiger partial charge in [-0.2, -0.15) is 8.42 Å². The van der Waals surface area contributed by atoms with Gasteiger partial charge in [0.25, 0.3) is 0 Å². The predicted molar refractivity (Wildman–Crippen MR) is 44.9 cm³/mol. The number of hydrogen-bond acceptors (Lipinski definition) is 3. The summed E-state index contributed by atoms with van der Waals surface area (Å²) < 4.78 is 20.8. The fraction of sp³-hybridized carbons (Fsp3) is 0.286. The number of rotatable bonds is 3. The molecule has 3 nitrogen and oxygen atoms in total. The Kier molecular flexibility index (Phi) is 3.22. The summed E-state index contributed by atoms with van der Waals surface area (Å²) in [4.78, 5) is -0.174. The van der Waals surface area contributed by atoms with Crippen molar-refractivity contribution in [2.24, 2.45) is 0 Å². The first kappa shape index (κ1) is 10.1. The molecule has 0 aliphatic rings. The minimum absolute atomic E-state index is 0.174. The Bertz CT molecular complexity index is 288. The van der Waals surface area contributed by atoms with Gasteiger partial charge >= 0.3 is 0 Å². The predicted octanol–water partition coefficient (Wildman–Crippen LogP) is 0.161. The molecule has 1 N–H and O–H groups in total. The Balaban J connectivity index is 5.31. The molecule has 0 aromatic carbocycles. The van der Waals surface area contributed by atoms with Gasteiger partial charge in [0.15, 0.2) is 0 Å². The molecule has 0 saturated carbocycles. The SMILES string of the molecule is C=CC(=S(=O)=O)C(C)(O)C=C. The molecule has 62 valence electrons. The summed E-state index contributed by atoms with van der Waals surface area (Å²) in [5, 5.41) is 9.33. The lowest BCUT2D eigenvalue weighted by molar-refractivity contribution is 0.188. The lowest BCUT2D eigenvalue weighted by Crippen LogP contribution is -2.31. The van der Waals surface area contributed by atoms with Crippen LogP contribution in [0.1, 0.15) is 6.92 Å². The van der Waals surface area contributed by atoms with E-state index in [4.69, 9.17) is 0 Å². The lowest BCUT2D eigenvalue weighted by atomic mass is 10.0. The Hall–Kier alpha value is -0.870. The van der Waals surface area contributed by atoms with Crippen molar-refractivity contribution in [2.45, 2.75) is 12.5 Å². The van der Waals surface area contributed by atoms with Crippen LogP contribution in [0.4, 0.5) is 0 Å². The van der Waals surface area contributed by atoms with E-state index >= 15 is 0 Å². The molecule has 4 heteroatoms. The molecule has 0 fully saturated rings. The average Bonchev–Trinajstić information content (AvgIpc) is 1.88. The van der Waals surface area contributed by atoms with Gasteiger partial charge < -0.3 is 5.11 Å². The van der Waals surface area contributed by atoms with Crippen LogP contribution in [0.5, 0.6) is 0 Å². The normalized spacial score (nSPS) is 14.7. The summed E-state index contributed by atoms with van der Waals surface area (Å²) >= 11 is 0. The molecule has 0 radical (unpaired) electrons. The first-order valence-corrected chi connectivity index (χ1v) is 3.98. The molecular weight excluding hydrogens is 164 g/mol. The third-order valence-electron chi connectivity index (χ3n) is 1.26. The molecule has 11 heavy (non-hydrogen) atoms. The van der Waals surface area contributed by atoms with Crippen molar-refractivity contribution in [2.75, 3.05) is 0 Å². The molecule has 0 rings (SSSR count). The van der Waals surface area contributed by atoms with Crippen LogP contribution in [0, 0.1) is 0 Å². The third kappa shape index (κ3) is 2.32. The van der Waals surface area contributed by atoms with Crippen LogP contribution in [0.15, 0.2) is 25.3 Å². The van der Waals surface area contributed by atoms with Crippen molar-refractivity contribution >= 4 is 15.2 Å². The molecule has 0 aromatic heterocycles. The van der Waals surface area contributed by atoms with Crippen LogP contribution < -0.4 is 0 Å². The molecule has 0 amide bonds. The number of aliphatic hydroxyl groups is 1. The van der Waals surface area contributed by atoms with E-state index in [-0.39, 0.29) is 4.86 Å². The Morgan fingerprint density at radius 3 is 2.09 bits per heavy atom. The molecule has 1 unspecified atom stereocenters. The Morgan fingerprint density at radius 1 is 1.55 bits per heavy atom. The zero-order chi connectivity index (χ0) is 9.07. The molecule has 0 aromatic rings. The van der Waals surface area contributed by atoms with Crippen molar-refractivity contribution in [1.29, 1.82) is 0 Å². The fourth-order valence-corrected chi connectivity index (χ4v) is 1.10. The topological polar surface area (TPSA) is 54.4 Å². The molecule has 0 heterocycles. The highest BCUT2D eigenvalue weighted by Gasteiger charge is 2.21. The maximum absolute atomic E-state index is 10.4. The monoisotopic (exact) mass is 174 g/mol. The average molecular weight is 174 g/mol. The summed E-state index contributed by atoms with van der Waals surface area (Å²) in [6.07, 6.45) is 2.23. The van der Waals surface area contributed by atoms with Crippen LogP contribution in [0.3, 0.4) is 0 Å². The maximum atomic E-state index is 10.4. The van der Waals surface area contributed by atoms with E-state index in [1.807, 2.05) is 0 Å². The Labute approximate surface area is 67.2 Å². The van der Waals surface area contributed by atoms with Crippen LogP contribution in [0.25, 0.3) is 0 Å². The van der Waals surface area contributed by atoms with Crippen LogP contribution in [-0.2, 0) is 10.3 Å². The standard InChI is InChI=1S/C7H10O3S/c1-4-6(11(9)10)7(3,8)5-2/h4-5,8H,1-2H2,3H3. The first-order chi connectivity index (χ1) is 4.95. The summed E-state index contributed by atoms with van der Waals surface area (Å²) in [5.41, 5.74) is -1.52. The second-order valence-electron chi connectivity index (χ2n) is 2.15. The van der Waals surface area contributed by atoms with Gasteiger partial charge in [0, 0.05) is 0 Å². The van der Waals surface area contributed by atoms with E-state index in [2.05, 4.69) is 13.2 Å². The fourth-order valence-electron chi connectivity index (χ4n) is 0.544. The molecule has 1 atom stereocenters. The van der Waals surface area contributed by atoms with Crippen LogP contribution in [0.2, 0.25) is 0 Å². The van der Waals surface area contributed by atoms with E-state index in [0.717, 1.165) is 12.2 Å². The first-order valence-electron chi connectivity index (χ1n) is 2.90. The van der Waals surface area contributed by atoms with Gasteiger partial charge in [-0.3, -0.25) is 0 Å². The lowest BCUT2D eigenvalue weighted by Gasteiger charge is -2.15. The second-order valence-corrected chi connectivity index (χ2v) is 3.06. The minimum atomic E-state index is -2.45. The van der Waals surface area contributed by atoms with E-state index in [1.54, 1.807) is 0 Å². The second kappa shape index (κ2) is 3.50. The van der Waals surface area contributed by atoms with Gasteiger partial charge in [-0.1, -0.05) is 19.2 Å². The molecule has 0 spiro atoms. The van der Waals surface area contributed by atoms with Gasteiger partial charge in [0.1, 0.15) is 10.5 Å². The van der Waals surface area contributed by atoms with Crippen LogP contribution in [-0.4, -0.2) is 24.0 Å². The van der Waals surface area contributed by atoms with Crippen molar-refractivity contribution in [3.63, 3.8) is 0 Å². The van der Waals surface area contributed by atoms with Gasteiger partial charge in [0.05, 0.1) is 0 Å². The molecule has 0 bridgehead atoms. The third-order valence-corrected chi connectivity index (χ3v) is 2.20. The van der Waals surface area contributed by atoms with Crippen LogP contribution >= 0.6 is 0 Å². The van der Waals surface area contributed by atoms with Crippen molar-refractivity contribution < 1.29 is 13.5 Å². The van der Waals surface area contributed by atoms with Crippen molar-refractivity contribution in [3.05, 3.63) is 25.3 Å². The highest BCUT2D eigenvalue weighted by Crippen LogP contribution is 2.06. The molecule has 0 aliphatic carbocycles. The quantitative estimate of drug-likeness (QED) is 0.377. The van der Waals surface area contributed by atoms with E-state index in [9.17, 15) is 13.5 Å². The maximum Gasteiger partial charge on any atom is 0.220 e. The smallest absolute Gasteiger partial charge is 0.220 e. The van der Waals surface area contributed by atoms with Gasteiger partial charge in [0.2, 0.25) is 10.3 Å². The van der Waals surface area contributed by atoms with E-state index in [0.29, 0.717) is 0 Å². The zero-order valence-electron chi connectivity index (χ0n) is 6.24. The number of hydrogen-bond donors (Lipinski definition) is 1. The van der Waals surface area contributed by atoms with Crippen molar-refractivity contribution in [1.82, 2.24) is 0 Å². The highest BCUT2D eigenvalue weighted by atomic mass is 32.2. The molecule has 0 aliphatic heterocycles. The van der Waals surface area contributed by atoms with E-state index in [1.165, 1.54) is 6.92 Å². The zero-order valence-corrected chi connectivity index (χ0v) is 7.06. The van der Waals surface area contributed by atoms with Gasteiger partial charge in [-0.05, 0) is 13.0 Å². The van der Waals surface area contributed by atoms with Crippen molar-refractivity contribution in [3.8, 4) is 0 Å².